The van der Waals surface area contributed by atoms with Crippen molar-refractivity contribution in [3.63, 3.8) is 0 Å². The van der Waals surface area contributed by atoms with Crippen LogP contribution in [-0.4, -0.2) is 16.5 Å². The highest BCUT2D eigenvalue weighted by molar-refractivity contribution is 5.55. The van der Waals surface area contributed by atoms with Crippen LogP contribution in [0.1, 0.15) is 30.9 Å². The smallest absolute Gasteiger partial charge is 0.197 e. The molecule has 0 radical (unpaired) electrons. The summed E-state index contributed by atoms with van der Waals surface area (Å²) in [5.74, 6) is 3.15. The van der Waals surface area contributed by atoms with Crippen molar-refractivity contribution in [1.82, 2.24) is 9.97 Å². The lowest BCUT2D eigenvalue weighted by molar-refractivity contribution is 0.543. The molecule has 18 heavy (non-hydrogen) atoms. The first-order chi connectivity index (χ1) is 8.65. The molecule has 2 aromatic heterocycles. The molecule has 0 spiro atoms. The maximum atomic E-state index is 5.59. The monoisotopic (exact) mass is 245 g/mol. The molecule has 1 N–H and O–H groups in total. The van der Waals surface area contributed by atoms with Gasteiger partial charge < -0.3 is 9.73 Å². The second kappa shape index (κ2) is 5.21. The second-order valence-electron chi connectivity index (χ2n) is 4.26. The van der Waals surface area contributed by atoms with Gasteiger partial charge in [0.1, 0.15) is 11.6 Å². The predicted octanol–water partition coefficient (Wildman–Crippen LogP) is 3.35. The summed E-state index contributed by atoms with van der Waals surface area (Å²) >= 11 is 0. The summed E-state index contributed by atoms with van der Waals surface area (Å²) in [7, 11) is 0. The Morgan fingerprint density at radius 2 is 1.94 bits per heavy atom. The van der Waals surface area contributed by atoms with Crippen molar-refractivity contribution < 1.29 is 4.42 Å². The van der Waals surface area contributed by atoms with Gasteiger partial charge in [-0.05, 0) is 39.3 Å². The first-order valence-electron chi connectivity index (χ1n) is 6.33. The summed E-state index contributed by atoms with van der Waals surface area (Å²) < 4.78 is 5.59. The van der Waals surface area contributed by atoms with E-state index in [0.29, 0.717) is 5.82 Å². The lowest BCUT2D eigenvalue weighted by Gasteiger charge is -2.11. The largest absolute Gasteiger partial charge is 0.458 e. The maximum absolute atomic E-state index is 5.59. The number of anilines is 1. The first kappa shape index (κ1) is 12.6. The number of hydrogen-bond acceptors (Lipinski definition) is 4. The first-order valence-corrected chi connectivity index (χ1v) is 6.33. The molecule has 4 nitrogen and oxygen atoms in total. The van der Waals surface area contributed by atoms with E-state index in [0.717, 1.165) is 41.6 Å². The van der Waals surface area contributed by atoms with E-state index in [4.69, 9.17) is 4.42 Å². The van der Waals surface area contributed by atoms with E-state index in [1.807, 2.05) is 26.0 Å². The zero-order chi connectivity index (χ0) is 13.1. The molecule has 0 aromatic carbocycles. The minimum absolute atomic E-state index is 0.654. The Hall–Kier alpha value is -1.84. The molecule has 2 aromatic rings. The van der Waals surface area contributed by atoms with Gasteiger partial charge in [0.15, 0.2) is 11.6 Å². The molecular weight excluding hydrogens is 226 g/mol. The summed E-state index contributed by atoms with van der Waals surface area (Å²) in [5, 5.41) is 3.27. The molecule has 0 aliphatic rings. The van der Waals surface area contributed by atoms with Crippen LogP contribution in [0.3, 0.4) is 0 Å². The van der Waals surface area contributed by atoms with Gasteiger partial charge in [-0.1, -0.05) is 6.92 Å². The molecular formula is C14H19N3O. The van der Waals surface area contributed by atoms with Crippen LogP contribution in [0.2, 0.25) is 0 Å². The van der Waals surface area contributed by atoms with E-state index in [2.05, 4.69) is 29.1 Å². The summed E-state index contributed by atoms with van der Waals surface area (Å²) in [6.07, 6.45) is 0.888. The minimum atomic E-state index is 0.654. The molecule has 0 saturated carbocycles. The third-order valence-corrected chi connectivity index (χ3v) is 2.89. The van der Waals surface area contributed by atoms with Gasteiger partial charge in [-0.3, -0.25) is 0 Å². The molecule has 0 aliphatic carbocycles. The van der Waals surface area contributed by atoms with Crippen LogP contribution in [0, 0.1) is 13.8 Å². The fraction of sp³-hybridized carbons (Fsp3) is 0.429. The highest BCUT2D eigenvalue weighted by Gasteiger charge is 2.12. The van der Waals surface area contributed by atoms with Crippen molar-refractivity contribution >= 4 is 5.82 Å². The highest BCUT2D eigenvalue weighted by atomic mass is 16.3. The zero-order valence-electron chi connectivity index (χ0n) is 11.4. The van der Waals surface area contributed by atoms with Crippen molar-refractivity contribution in [2.24, 2.45) is 0 Å². The molecule has 2 heterocycles. The van der Waals surface area contributed by atoms with Gasteiger partial charge >= 0.3 is 0 Å². The molecule has 4 heteroatoms. The molecule has 2 rings (SSSR count). The van der Waals surface area contributed by atoms with Gasteiger partial charge in [0.25, 0.3) is 0 Å². The number of hydrogen-bond donors (Lipinski definition) is 1. The third-order valence-electron chi connectivity index (χ3n) is 2.89. The predicted molar refractivity (Wildman–Crippen MR) is 72.7 cm³/mol. The highest BCUT2D eigenvalue weighted by Crippen LogP contribution is 2.23. The molecule has 0 atom stereocenters. The van der Waals surface area contributed by atoms with E-state index in [1.165, 1.54) is 0 Å². The Morgan fingerprint density at radius 3 is 2.50 bits per heavy atom. The van der Waals surface area contributed by atoms with Gasteiger partial charge in [0.2, 0.25) is 0 Å². The molecule has 0 bridgehead atoms. The fourth-order valence-electron chi connectivity index (χ4n) is 1.91. The Morgan fingerprint density at radius 1 is 1.17 bits per heavy atom. The number of rotatable bonds is 4. The van der Waals surface area contributed by atoms with Gasteiger partial charge in [0, 0.05) is 17.8 Å². The third kappa shape index (κ3) is 2.37. The van der Waals surface area contributed by atoms with E-state index in [9.17, 15) is 0 Å². The average molecular weight is 245 g/mol. The Bertz CT molecular complexity index is 546. The normalized spacial score (nSPS) is 10.7. The summed E-state index contributed by atoms with van der Waals surface area (Å²) in [6, 6.07) is 3.84. The van der Waals surface area contributed by atoms with Crippen molar-refractivity contribution in [3.05, 3.63) is 29.2 Å². The summed E-state index contributed by atoms with van der Waals surface area (Å²) in [4.78, 5) is 9.11. The van der Waals surface area contributed by atoms with E-state index >= 15 is 0 Å². The van der Waals surface area contributed by atoms with Crippen LogP contribution in [0.25, 0.3) is 11.6 Å². The summed E-state index contributed by atoms with van der Waals surface area (Å²) in [6.45, 7) is 8.97. The molecule has 0 saturated heterocycles. The SMILES string of the molecule is CCNc1nc(-c2ccc(C)o2)nc(CC)c1C. The van der Waals surface area contributed by atoms with Crippen molar-refractivity contribution in [2.45, 2.75) is 34.1 Å². The topological polar surface area (TPSA) is 51.0 Å². The van der Waals surface area contributed by atoms with Crippen LogP contribution in [0.4, 0.5) is 5.82 Å². The van der Waals surface area contributed by atoms with E-state index in [-0.39, 0.29) is 0 Å². The van der Waals surface area contributed by atoms with Crippen molar-refractivity contribution in [3.8, 4) is 11.6 Å². The quantitative estimate of drug-likeness (QED) is 0.897. The molecule has 0 unspecified atom stereocenters. The number of aryl methyl sites for hydroxylation is 2. The van der Waals surface area contributed by atoms with Gasteiger partial charge in [-0.15, -0.1) is 0 Å². The zero-order valence-corrected chi connectivity index (χ0v) is 11.4. The van der Waals surface area contributed by atoms with Crippen LogP contribution < -0.4 is 5.32 Å². The van der Waals surface area contributed by atoms with E-state index in [1.54, 1.807) is 0 Å². The van der Waals surface area contributed by atoms with Gasteiger partial charge in [-0.2, -0.15) is 0 Å². The standard InChI is InChI=1S/C14H19N3O/c1-5-11-10(4)13(15-6-2)17-14(16-11)12-8-7-9(3)18-12/h7-8H,5-6H2,1-4H3,(H,15,16,17). The Kier molecular flexibility index (Phi) is 3.65. The lowest BCUT2D eigenvalue weighted by Crippen LogP contribution is -2.07. The fourth-order valence-corrected chi connectivity index (χ4v) is 1.91. The van der Waals surface area contributed by atoms with Crippen molar-refractivity contribution in [1.29, 1.82) is 0 Å². The average Bonchev–Trinajstić information content (AvgIpc) is 2.79. The Labute approximate surface area is 107 Å². The maximum Gasteiger partial charge on any atom is 0.197 e. The number of nitrogens with zero attached hydrogens (tertiary/aromatic N) is 2. The Balaban J connectivity index is 2.51. The molecule has 96 valence electrons. The number of aromatic nitrogens is 2. The van der Waals surface area contributed by atoms with Crippen LogP contribution >= 0.6 is 0 Å². The summed E-state index contributed by atoms with van der Waals surface area (Å²) in [5.41, 5.74) is 2.18. The van der Waals surface area contributed by atoms with E-state index < -0.39 is 0 Å². The number of furan rings is 1. The molecule has 0 aliphatic heterocycles. The van der Waals surface area contributed by atoms with Crippen LogP contribution in [-0.2, 0) is 6.42 Å². The van der Waals surface area contributed by atoms with Gasteiger partial charge in [0.05, 0.1) is 0 Å². The minimum Gasteiger partial charge on any atom is -0.458 e. The molecule has 0 fully saturated rings. The molecule has 0 amide bonds. The second-order valence-corrected chi connectivity index (χ2v) is 4.26. The van der Waals surface area contributed by atoms with Gasteiger partial charge in [-0.25, -0.2) is 9.97 Å². The van der Waals surface area contributed by atoms with Crippen LogP contribution in [0.5, 0.6) is 0 Å². The number of nitrogens with one attached hydrogen (secondary N) is 1. The lowest BCUT2D eigenvalue weighted by atomic mass is 10.2. The van der Waals surface area contributed by atoms with Crippen LogP contribution in [0.15, 0.2) is 16.5 Å². The van der Waals surface area contributed by atoms with Crippen molar-refractivity contribution in [2.75, 3.05) is 11.9 Å².